The van der Waals surface area contributed by atoms with E-state index in [1.165, 1.54) is 17.0 Å². The largest absolute Gasteiger partial charge is 0.378 e. The standard InChI is InChI=1S/C19H21ClN6O2S/c20-18-23-16(26-7-11-28-12-8-26)15-17(24-18)29-19(22-15)21-13-1-3-14(4-2-13)25-5-9-27-10-6-25/h1-4H,5-12H2,(H,21,22). The molecule has 1 N–H and O–H groups in total. The first-order valence-corrected chi connectivity index (χ1v) is 10.8. The van der Waals surface area contributed by atoms with Gasteiger partial charge in [0.1, 0.15) is 5.52 Å². The van der Waals surface area contributed by atoms with E-state index in [4.69, 9.17) is 26.1 Å². The van der Waals surface area contributed by atoms with Gasteiger partial charge >= 0.3 is 0 Å². The summed E-state index contributed by atoms with van der Waals surface area (Å²) in [6, 6.07) is 8.38. The highest BCUT2D eigenvalue weighted by molar-refractivity contribution is 7.21. The third-order valence-corrected chi connectivity index (χ3v) is 6.05. The van der Waals surface area contributed by atoms with Gasteiger partial charge in [-0.25, -0.2) is 9.97 Å². The maximum atomic E-state index is 6.17. The topological polar surface area (TPSA) is 75.6 Å². The van der Waals surface area contributed by atoms with Crippen molar-refractivity contribution in [3.63, 3.8) is 0 Å². The molecule has 2 aliphatic heterocycles. The highest BCUT2D eigenvalue weighted by Crippen LogP contribution is 2.33. The number of nitrogens with one attached hydrogen (secondary N) is 1. The number of nitrogens with zero attached hydrogens (tertiary/aromatic N) is 5. The van der Waals surface area contributed by atoms with Crippen LogP contribution in [0.15, 0.2) is 24.3 Å². The fourth-order valence-corrected chi connectivity index (χ4v) is 4.60. The predicted octanol–water partition coefficient (Wildman–Crippen LogP) is 3.16. The molecule has 2 aliphatic rings. The van der Waals surface area contributed by atoms with Gasteiger partial charge in [-0.3, -0.25) is 0 Å². The van der Waals surface area contributed by atoms with Gasteiger partial charge in [-0.1, -0.05) is 11.3 Å². The van der Waals surface area contributed by atoms with Crippen molar-refractivity contribution in [1.29, 1.82) is 0 Å². The Hall–Kier alpha value is -2.20. The summed E-state index contributed by atoms with van der Waals surface area (Å²) in [7, 11) is 0. The molecule has 2 saturated heterocycles. The van der Waals surface area contributed by atoms with E-state index in [0.717, 1.165) is 66.4 Å². The summed E-state index contributed by atoms with van der Waals surface area (Å²) in [5.41, 5.74) is 2.96. The molecule has 2 aromatic heterocycles. The molecule has 0 amide bonds. The molecule has 152 valence electrons. The van der Waals surface area contributed by atoms with E-state index in [2.05, 4.69) is 49.4 Å². The molecule has 0 unspecified atom stereocenters. The Bertz CT molecular complexity index is 986. The summed E-state index contributed by atoms with van der Waals surface area (Å²) < 4.78 is 10.9. The number of aromatic nitrogens is 3. The molecule has 1 aromatic carbocycles. The van der Waals surface area contributed by atoms with Crippen LogP contribution in [0.25, 0.3) is 10.3 Å². The summed E-state index contributed by atoms with van der Waals surface area (Å²) in [5, 5.41) is 4.39. The second kappa shape index (κ2) is 8.27. The van der Waals surface area contributed by atoms with Crippen LogP contribution >= 0.6 is 22.9 Å². The van der Waals surface area contributed by atoms with Gasteiger partial charge < -0.3 is 24.6 Å². The number of rotatable bonds is 4. The summed E-state index contributed by atoms with van der Waals surface area (Å²) in [5.74, 6) is 0.773. The maximum absolute atomic E-state index is 6.17. The van der Waals surface area contributed by atoms with Crippen LogP contribution in [0.5, 0.6) is 0 Å². The van der Waals surface area contributed by atoms with E-state index in [1.54, 1.807) is 0 Å². The van der Waals surface area contributed by atoms with Gasteiger partial charge in [-0.2, -0.15) is 4.98 Å². The minimum atomic E-state index is 0.240. The molecule has 8 nitrogen and oxygen atoms in total. The van der Waals surface area contributed by atoms with Gasteiger partial charge in [0.2, 0.25) is 5.28 Å². The Morgan fingerprint density at radius 1 is 0.862 bits per heavy atom. The van der Waals surface area contributed by atoms with Crippen LogP contribution in [0.3, 0.4) is 0 Å². The zero-order chi connectivity index (χ0) is 19.6. The van der Waals surface area contributed by atoms with E-state index in [-0.39, 0.29) is 5.28 Å². The molecule has 0 radical (unpaired) electrons. The normalized spacial score (nSPS) is 17.7. The molecule has 5 rings (SSSR count). The number of halogens is 1. The van der Waals surface area contributed by atoms with Gasteiger partial charge in [-0.05, 0) is 35.9 Å². The molecule has 10 heteroatoms. The molecule has 29 heavy (non-hydrogen) atoms. The predicted molar refractivity (Wildman–Crippen MR) is 116 cm³/mol. The van der Waals surface area contributed by atoms with Gasteiger partial charge in [-0.15, -0.1) is 0 Å². The first kappa shape index (κ1) is 18.8. The number of fused-ring (bicyclic) bond motifs is 1. The molecule has 0 aliphatic carbocycles. The highest BCUT2D eigenvalue weighted by Gasteiger charge is 2.20. The number of ether oxygens (including phenoxy) is 2. The summed E-state index contributed by atoms with van der Waals surface area (Å²) in [6.45, 7) is 6.30. The zero-order valence-corrected chi connectivity index (χ0v) is 17.4. The van der Waals surface area contributed by atoms with Crippen molar-refractivity contribution in [1.82, 2.24) is 15.0 Å². The minimum Gasteiger partial charge on any atom is -0.378 e. The lowest BCUT2D eigenvalue weighted by Gasteiger charge is -2.28. The maximum Gasteiger partial charge on any atom is 0.225 e. The monoisotopic (exact) mass is 432 g/mol. The fourth-order valence-electron chi connectivity index (χ4n) is 3.53. The van der Waals surface area contributed by atoms with E-state index in [9.17, 15) is 0 Å². The van der Waals surface area contributed by atoms with Crippen LogP contribution < -0.4 is 15.1 Å². The quantitative estimate of drug-likeness (QED) is 0.630. The van der Waals surface area contributed by atoms with Crippen LogP contribution in [-0.4, -0.2) is 67.6 Å². The van der Waals surface area contributed by atoms with Crippen molar-refractivity contribution in [3.8, 4) is 0 Å². The molecule has 0 spiro atoms. The molecule has 0 bridgehead atoms. The Morgan fingerprint density at radius 2 is 1.52 bits per heavy atom. The zero-order valence-electron chi connectivity index (χ0n) is 15.8. The van der Waals surface area contributed by atoms with Crippen LogP contribution in [0.2, 0.25) is 5.28 Å². The van der Waals surface area contributed by atoms with Gasteiger partial charge in [0.15, 0.2) is 15.8 Å². The molecular weight excluding hydrogens is 412 g/mol. The van der Waals surface area contributed by atoms with Gasteiger partial charge in [0.25, 0.3) is 0 Å². The lowest BCUT2D eigenvalue weighted by molar-refractivity contribution is 0.122. The SMILES string of the molecule is Clc1nc(N2CCOCC2)c2nc(Nc3ccc(N4CCOCC4)cc3)sc2n1. The van der Waals surface area contributed by atoms with Crippen LogP contribution in [0, 0.1) is 0 Å². The molecule has 0 saturated carbocycles. The average Bonchev–Trinajstić information content (AvgIpc) is 3.17. The third kappa shape index (κ3) is 4.09. The third-order valence-electron chi connectivity index (χ3n) is 5.02. The van der Waals surface area contributed by atoms with E-state index in [0.29, 0.717) is 13.2 Å². The number of hydrogen-bond donors (Lipinski definition) is 1. The van der Waals surface area contributed by atoms with Crippen molar-refractivity contribution >= 4 is 55.6 Å². The number of morpholine rings is 2. The second-order valence-electron chi connectivity index (χ2n) is 6.86. The van der Waals surface area contributed by atoms with Crippen molar-refractivity contribution in [2.45, 2.75) is 0 Å². The van der Waals surface area contributed by atoms with Crippen molar-refractivity contribution in [3.05, 3.63) is 29.5 Å². The Kier molecular flexibility index (Phi) is 5.36. The number of anilines is 4. The van der Waals surface area contributed by atoms with Crippen LogP contribution in [-0.2, 0) is 9.47 Å². The van der Waals surface area contributed by atoms with Crippen molar-refractivity contribution < 1.29 is 9.47 Å². The van der Waals surface area contributed by atoms with E-state index < -0.39 is 0 Å². The highest BCUT2D eigenvalue weighted by atomic mass is 35.5. The summed E-state index contributed by atoms with van der Waals surface area (Å²) in [4.78, 5) is 18.8. The first-order chi connectivity index (χ1) is 14.3. The van der Waals surface area contributed by atoms with Gasteiger partial charge in [0, 0.05) is 37.6 Å². The molecule has 0 atom stereocenters. The smallest absolute Gasteiger partial charge is 0.225 e. The van der Waals surface area contributed by atoms with Crippen molar-refractivity contribution in [2.75, 3.05) is 67.7 Å². The Balaban J connectivity index is 1.38. The molecule has 2 fully saturated rings. The number of thiazole rings is 1. The Labute approximate surface area is 177 Å². The van der Waals surface area contributed by atoms with E-state index in [1.807, 2.05) is 0 Å². The number of benzene rings is 1. The Morgan fingerprint density at radius 3 is 2.21 bits per heavy atom. The molecular formula is C19H21ClN6O2S. The van der Waals surface area contributed by atoms with Gasteiger partial charge in [0.05, 0.1) is 26.4 Å². The second-order valence-corrected chi connectivity index (χ2v) is 8.18. The molecule has 3 aromatic rings. The lowest BCUT2D eigenvalue weighted by atomic mass is 10.2. The lowest BCUT2D eigenvalue weighted by Crippen LogP contribution is -2.37. The molecule has 4 heterocycles. The number of hydrogen-bond acceptors (Lipinski definition) is 9. The average molecular weight is 433 g/mol. The summed E-state index contributed by atoms with van der Waals surface area (Å²) in [6.07, 6.45) is 0. The first-order valence-electron chi connectivity index (χ1n) is 9.63. The van der Waals surface area contributed by atoms with Crippen LogP contribution in [0.4, 0.5) is 22.3 Å². The fraction of sp³-hybridized carbons (Fsp3) is 0.421. The van der Waals surface area contributed by atoms with Crippen LogP contribution in [0.1, 0.15) is 0 Å². The van der Waals surface area contributed by atoms with E-state index >= 15 is 0 Å². The summed E-state index contributed by atoms with van der Waals surface area (Å²) >= 11 is 7.64. The minimum absolute atomic E-state index is 0.240. The van der Waals surface area contributed by atoms with Crippen molar-refractivity contribution in [2.24, 2.45) is 0 Å².